The Morgan fingerprint density at radius 2 is 1.71 bits per heavy atom. The normalized spacial score (nSPS) is 17.8. The molecule has 34 heavy (non-hydrogen) atoms. The van der Waals surface area contributed by atoms with Crippen molar-refractivity contribution in [3.8, 4) is 5.69 Å². The van der Waals surface area contributed by atoms with Gasteiger partial charge in [-0.25, -0.2) is 0 Å². The lowest BCUT2D eigenvalue weighted by Crippen LogP contribution is -2.29. The Kier molecular flexibility index (Phi) is 5.92. The summed E-state index contributed by atoms with van der Waals surface area (Å²) in [7, 11) is 0. The van der Waals surface area contributed by atoms with Crippen molar-refractivity contribution < 1.29 is 0 Å². The van der Waals surface area contributed by atoms with E-state index < -0.39 is 0 Å². The van der Waals surface area contributed by atoms with Crippen LogP contribution in [-0.4, -0.2) is 14.7 Å². The van der Waals surface area contributed by atoms with Crippen LogP contribution in [0.3, 0.4) is 0 Å². The van der Waals surface area contributed by atoms with Gasteiger partial charge in [0.2, 0.25) is 0 Å². The fourth-order valence-corrected chi connectivity index (χ4v) is 5.47. The molecule has 6 heteroatoms. The van der Waals surface area contributed by atoms with Gasteiger partial charge in [0.1, 0.15) is 0 Å². The van der Waals surface area contributed by atoms with E-state index in [0.29, 0.717) is 5.11 Å². The van der Waals surface area contributed by atoms with Gasteiger partial charge in [0.15, 0.2) is 5.11 Å². The first-order valence-corrected chi connectivity index (χ1v) is 12.2. The summed E-state index contributed by atoms with van der Waals surface area (Å²) in [5, 5.41) is 5.03. The van der Waals surface area contributed by atoms with Crippen molar-refractivity contribution in [2.45, 2.75) is 39.8 Å². The van der Waals surface area contributed by atoms with E-state index in [2.05, 4.69) is 89.9 Å². The highest BCUT2D eigenvalue weighted by Gasteiger charge is 2.42. The number of pyridine rings is 1. The van der Waals surface area contributed by atoms with Crippen LogP contribution < -0.4 is 10.2 Å². The summed E-state index contributed by atoms with van der Waals surface area (Å²) < 4.78 is 2.29. The van der Waals surface area contributed by atoms with Crippen molar-refractivity contribution >= 4 is 34.6 Å². The van der Waals surface area contributed by atoms with Crippen LogP contribution in [0.1, 0.15) is 45.9 Å². The molecule has 0 amide bonds. The van der Waals surface area contributed by atoms with Crippen LogP contribution in [0, 0.1) is 27.7 Å². The first-order chi connectivity index (χ1) is 16.4. The average molecular weight is 487 g/mol. The lowest BCUT2D eigenvalue weighted by Gasteiger charge is -2.28. The Bertz CT molecular complexity index is 1360. The maximum absolute atomic E-state index is 6.48. The van der Waals surface area contributed by atoms with Gasteiger partial charge in [-0.15, -0.1) is 0 Å². The third-order valence-corrected chi connectivity index (χ3v) is 7.40. The van der Waals surface area contributed by atoms with Gasteiger partial charge in [-0.3, -0.25) is 4.98 Å². The molecule has 172 valence electrons. The van der Waals surface area contributed by atoms with E-state index in [0.717, 1.165) is 39.0 Å². The van der Waals surface area contributed by atoms with Crippen LogP contribution in [0.2, 0.25) is 5.02 Å². The fourth-order valence-electron chi connectivity index (χ4n) is 4.95. The van der Waals surface area contributed by atoms with Gasteiger partial charge in [-0.1, -0.05) is 41.4 Å². The number of nitrogens with one attached hydrogen (secondary N) is 1. The lowest BCUT2D eigenvalue weighted by molar-refractivity contribution is 0.565. The van der Waals surface area contributed by atoms with E-state index in [1.165, 1.54) is 11.1 Å². The molecule has 4 aromatic rings. The zero-order chi connectivity index (χ0) is 24.0. The van der Waals surface area contributed by atoms with Crippen molar-refractivity contribution in [2.75, 3.05) is 4.90 Å². The minimum atomic E-state index is -0.0792. The number of benzene rings is 2. The van der Waals surface area contributed by atoms with Crippen molar-refractivity contribution in [3.63, 3.8) is 0 Å². The van der Waals surface area contributed by atoms with Gasteiger partial charge in [0.25, 0.3) is 0 Å². The van der Waals surface area contributed by atoms with Crippen molar-refractivity contribution in [1.29, 1.82) is 0 Å². The Hall–Kier alpha value is -3.15. The van der Waals surface area contributed by atoms with Gasteiger partial charge >= 0.3 is 0 Å². The number of nitrogens with zero attached hydrogens (tertiary/aromatic N) is 3. The highest BCUT2D eigenvalue weighted by atomic mass is 35.5. The molecule has 1 N–H and O–H groups in total. The molecule has 0 spiro atoms. The number of aryl methyl sites for hydroxylation is 2. The topological polar surface area (TPSA) is 33.1 Å². The molecule has 1 fully saturated rings. The standard InChI is InChI=1S/C28H27ClN4S/c1-17-11-13-21(14-12-17)33-27(26(31-28(33)34)24-9-5-6-15-30-24)22-16-18(2)32(20(22)4)25-10-7-8-23(29)19(25)3/h5-16,26-27H,1-4H3,(H,31,34)/t26-,27+/m1/s1. The molecule has 1 aliphatic rings. The largest absolute Gasteiger partial charge is 0.351 e. The van der Waals surface area contributed by atoms with Gasteiger partial charge in [-0.2, -0.15) is 0 Å². The number of hydrogen-bond acceptors (Lipinski definition) is 2. The third kappa shape index (κ3) is 3.79. The van der Waals surface area contributed by atoms with Gasteiger partial charge in [0.05, 0.1) is 17.8 Å². The summed E-state index contributed by atoms with van der Waals surface area (Å²) in [5.41, 5.74) is 8.93. The molecule has 0 aliphatic carbocycles. The summed E-state index contributed by atoms with van der Waals surface area (Å²) in [5.74, 6) is 0. The summed E-state index contributed by atoms with van der Waals surface area (Å²) in [6.07, 6.45) is 1.84. The van der Waals surface area contributed by atoms with Crippen molar-refractivity contribution in [2.24, 2.45) is 0 Å². The van der Waals surface area contributed by atoms with Crippen LogP contribution >= 0.6 is 23.8 Å². The van der Waals surface area contributed by atoms with E-state index in [1.807, 2.05) is 30.5 Å². The molecule has 0 bridgehead atoms. The van der Waals surface area contributed by atoms with Crippen LogP contribution in [0.25, 0.3) is 5.69 Å². The summed E-state index contributed by atoms with van der Waals surface area (Å²) in [6.45, 7) is 8.48. The van der Waals surface area contributed by atoms with E-state index >= 15 is 0 Å². The van der Waals surface area contributed by atoms with Crippen LogP contribution in [0.4, 0.5) is 5.69 Å². The molecule has 0 unspecified atom stereocenters. The van der Waals surface area contributed by atoms with E-state index in [1.54, 1.807) is 0 Å². The van der Waals surface area contributed by atoms with Gasteiger partial charge < -0.3 is 14.8 Å². The van der Waals surface area contributed by atoms with Gasteiger partial charge in [0, 0.05) is 34.0 Å². The SMILES string of the molecule is Cc1ccc(N2C(=S)N[C@H](c3ccccn3)[C@@H]2c2cc(C)n(-c3cccc(Cl)c3C)c2C)cc1. The first-order valence-electron chi connectivity index (χ1n) is 11.4. The number of anilines is 1. The summed E-state index contributed by atoms with van der Waals surface area (Å²) in [6, 6.07) is 22.8. The summed E-state index contributed by atoms with van der Waals surface area (Å²) >= 11 is 12.4. The Morgan fingerprint density at radius 3 is 2.41 bits per heavy atom. The molecule has 5 rings (SSSR count). The number of hydrogen-bond donors (Lipinski definition) is 1. The molecule has 0 saturated carbocycles. The maximum Gasteiger partial charge on any atom is 0.174 e. The molecule has 2 aromatic heterocycles. The van der Waals surface area contributed by atoms with Crippen LogP contribution in [-0.2, 0) is 0 Å². The third-order valence-electron chi connectivity index (χ3n) is 6.68. The molecule has 4 nitrogen and oxygen atoms in total. The second-order valence-electron chi connectivity index (χ2n) is 8.88. The first kappa shape index (κ1) is 22.6. The molecular formula is C28H27ClN4S. The zero-order valence-corrected chi connectivity index (χ0v) is 21.3. The highest BCUT2D eigenvalue weighted by Crippen LogP contribution is 2.44. The Balaban J connectivity index is 1.70. The molecule has 2 aromatic carbocycles. The molecule has 1 saturated heterocycles. The Labute approximate surface area is 211 Å². The predicted octanol–water partition coefficient (Wildman–Crippen LogP) is 6.94. The number of thiocarbonyl (C=S) groups is 1. The average Bonchev–Trinajstić information content (AvgIpc) is 3.32. The molecule has 2 atom stereocenters. The van der Waals surface area contributed by atoms with E-state index in [-0.39, 0.29) is 12.1 Å². The lowest BCUT2D eigenvalue weighted by atomic mass is 9.96. The quantitative estimate of drug-likeness (QED) is 0.317. The van der Waals surface area contributed by atoms with Crippen molar-refractivity contribution in [3.05, 3.63) is 112 Å². The van der Waals surface area contributed by atoms with E-state index in [9.17, 15) is 0 Å². The molecule has 0 radical (unpaired) electrons. The number of halogens is 1. The minimum absolute atomic E-state index is 0.0513. The maximum atomic E-state index is 6.48. The summed E-state index contributed by atoms with van der Waals surface area (Å²) in [4.78, 5) is 6.91. The second kappa shape index (κ2) is 8.90. The van der Waals surface area contributed by atoms with Crippen LogP contribution in [0.15, 0.2) is 72.9 Å². The molecular weight excluding hydrogens is 460 g/mol. The van der Waals surface area contributed by atoms with E-state index in [4.69, 9.17) is 23.8 Å². The number of rotatable bonds is 4. The van der Waals surface area contributed by atoms with Crippen LogP contribution in [0.5, 0.6) is 0 Å². The van der Waals surface area contributed by atoms with Crippen molar-refractivity contribution in [1.82, 2.24) is 14.9 Å². The fraction of sp³-hybridized carbons (Fsp3) is 0.214. The monoisotopic (exact) mass is 486 g/mol. The minimum Gasteiger partial charge on any atom is -0.351 e. The number of aromatic nitrogens is 2. The molecule has 3 heterocycles. The molecule has 1 aliphatic heterocycles. The van der Waals surface area contributed by atoms with Gasteiger partial charge in [-0.05, 0) is 93.5 Å². The Morgan fingerprint density at radius 1 is 0.941 bits per heavy atom. The smallest absolute Gasteiger partial charge is 0.174 e. The highest BCUT2D eigenvalue weighted by molar-refractivity contribution is 7.80. The second-order valence-corrected chi connectivity index (χ2v) is 9.67. The predicted molar refractivity (Wildman–Crippen MR) is 144 cm³/mol. The zero-order valence-electron chi connectivity index (χ0n) is 19.7.